The summed E-state index contributed by atoms with van der Waals surface area (Å²) < 4.78 is 0.619. The van der Waals surface area contributed by atoms with E-state index in [0.29, 0.717) is 3.42 Å². The Bertz CT molecular complexity index is 232. The van der Waals surface area contributed by atoms with Crippen molar-refractivity contribution in [2.24, 2.45) is 23.7 Å². The van der Waals surface area contributed by atoms with Crippen molar-refractivity contribution in [3.8, 4) is 0 Å². The molecule has 72 valence electrons. The number of rotatable bonds is 1. The molecular formula is C12H17I. The molecule has 4 bridgehead atoms. The molecule has 0 N–H and O–H groups in total. The molecule has 3 atom stereocenters. The van der Waals surface area contributed by atoms with Crippen LogP contribution in [0.2, 0.25) is 0 Å². The van der Waals surface area contributed by atoms with Gasteiger partial charge in [-0.2, -0.15) is 0 Å². The predicted octanol–water partition coefficient (Wildman–Crippen LogP) is 3.80. The lowest BCUT2D eigenvalue weighted by molar-refractivity contribution is 0.0114. The first kappa shape index (κ1) is 8.75. The molecular weight excluding hydrogens is 271 g/mol. The molecule has 0 heterocycles. The summed E-state index contributed by atoms with van der Waals surface area (Å²) >= 11 is 2.76. The van der Waals surface area contributed by atoms with Gasteiger partial charge in [-0.05, 0) is 55.8 Å². The minimum atomic E-state index is 0.619. The van der Waals surface area contributed by atoms with Crippen molar-refractivity contribution in [3.05, 3.63) is 12.7 Å². The molecule has 4 aliphatic rings. The van der Waals surface area contributed by atoms with Crippen molar-refractivity contribution in [2.45, 2.75) is 35.5 Å². The van der Waals surface area contributed by atoms with Gasteiger partial charge in [0.25, 0.3) is 0 Å². The Hall–Kier alpha value is 0.470. The Balaban J connectivity index is 1.98. The summed E-state index contributed by atoms with van der Waals surface area (Å²) in [4.78, 5) is 0. The second-order valence-electron chi connectivity index (χ2n) is 5.40. The fourth-order valence-corrected chi connectivity index (χ4v) is 6.39. The van der Waals surface area contributed by atoms with Gasteiger partial charge in [-0.15, -0.1) is 6.58 Å². The van der Waals surface area contributed by atoms with Crippen LogP contribution in [0.25, 0.3) is 0 Å². The number of hydrogen-bond donors (Lipinski definition) is 0. The van der Waals surface area contributed by atoms with Crippen LogP contribution in [0.15, 0.2) is 12.7 Å². The molecule has 0 aromatic rings. The normalized spacial score (nSPS) is 58.2. The van der Waals surface area contributed by atoms with E-state index in [2.05, 4.69) is 35.2 Å². The third kappa shape index (κ3) is 1.15. The van der Waals surface area contributed by atoms with Crippen LogP contribution in [0, 0.1) is 23.7 Å². The van der Waals surface area contributed by atoms with Gasteiger partial charge in [0.1, 0.15) is 0 Å². The summed E-state index contributed by atoms with van der Waals surface area (Å²) in [5.74, 6) is 3.98. The summed E-state index contributed by atoms with van der Waals surface area (Å²) in [6.07, 6.45) is 9.80. The molecule has 4 rings (SSSR count). The maximum Gasteiger partial charge on any atom is 0.0292 e. The van der Waals surface area contributed by atoms with Gasteiger partial charge in [-0.1, -0.05) is 28.7 Å². The van der Waals surface area contributed by atoms with E-state index in [1.165, 1.54) is 25.7 Å². The number of hydrogen-bond acceptors (Lipinski definition) is 0. The molecule has 0 amide bonds. The van der Waals surface area contributed by atoms with Crippen molar-refractivity contribution < 1.29 is 0 Å². The van der Waals surface area contributed by atoms with Gasteiger partial charge in [0.2, 0.25) is 0 Å². The van der Waals surface area contributed by atoms with Gasteiger partial charge in [0, 0.05) is 3.42 Å². The highest BCUT2D eigenvalue weighted by molar-refractivity contribution is 14.1. The Morgan fingerprint density at radius 2 is 1.77 bits per heavy atom. The van der Waals surface area contributed by atoms with Gasteiger partial charge < -0.3 is 0 Å². The van der Waals surface area contributed by atoms with Gasteiger partial charge in [0.05, 0.1) is 0 Å². The highest BCUT2D eigenvalue weighted by Crippen LogP contribution is 2.62. The van der Waals surface area contributed by atoms with E-state index >= 15 is 0 Å². The smallest absolute Gasteiger partial charge is 0.0292 e. The zero-order valence-corrected chi connectivity index (χ0v) is 10.2. The Kier molecular flexibility index (Phi) is 1.84. The first-order valence-corrected chi connectivity index (χ1v) is 6.60. The van der Waals surface area contributed by atoms with Crippen LogP contribution >= 0.6 is 22.6 Å². The van der Waals surface area contributed by atoms with Gasteiger partial charge in [0.15, 0.2) is 0 Å². The second-order valence-corrected chi connectivity index (χ2v) is 7.55. The summed E-state index contributed by atoms with van der Waals surface area (Å²) in [5.41, 5.74) is 0. The first-order chi connectivity index (χ1) is 6.21. The van der Waals surface area contributed by atoms with Gasteiger partial charge in [-0.3, -0.25) is 0 Å². The minimum Gasteiger partial charge on any atom is -0.103 e. The van der Waals surface area contributed by atoms with Crippen LogP contribution in [0.3, 0.4) is 0 Å². The van der Waals surface area contributed by atoms with Crippen LogP contribution in [0.4, 0.5) is 0 Å². The molecule has 0 radical (unpaired) electrons. The average molecular weight is 288 g/mol. The van der Waals surface area contributed by atoms with Crippen molar-refractivity contribution in [1.82, 2.24) is 0 Å². The first-order valence-electron chi connectivity index (χ1n) is 5.53. The lowest BCUT2D eigenvalue weighted by atomic mass is 9.52. The molecule has 3 unspecified atom stereocenters. The fourth-order valence-electron chi connectivity index (χ4n) is 4.38. The maximum atomic E-state index is 4.05. The van der Waals surface area contributed by atoms with Crippen LogP contribution in [0.5, 0.6) is 0 Å². The molecule has 1 heteroatoms. The highest BCUT2D eigenvalue weighted by atomic mass is 127. The van der Waals surface area contributed by atoms with E-state index < -0.39 is 0 Å². The van der Waals surface area contributed by atoms with Crippen LogP contribution in [0.1, 0.15) is 32.1 Å². The molecule has 4 aliphatic carbocycles. The highest BCUT2D eigenvalue weighted by Gasteiger charge is 2.54. The SMILES string of the molecule is C=CC1C2CC3CC(C2)CC1(I)C3. The molecule has 0 aromatic heterocycles. The second kappa shape index (κ2) is 2.74. The van der Waals surface area contributed by atoms with Crippen molar-refractivity contribution in [2.75, 3.05) is 0 Å². The number of halogens is 1. The standard InChI is InChI=1S/C12H17I/c1-2-11-10-4-8-3-9(5-10)7-12(11,13)6-8/h2,8-11H,1,3-7H2. The molecule has 4 saturated carbocycles. The summed E-state index contributed by atoms with van der Waals surface area (Å²) in [6, 6.07) is 0. The third-order valence-corrected chi connectivity index (χ3v) is 6.15. The van der Waals surface area contributed by atoms with Crippen LogP contribution in [-0.4, -0.2) is 3.42 Å². The quantitative estimate of drug-likeness (QED) is 0.391. The van der Waals surface area contributed by atoms with Crippen molar-refractivity contribution >= 4 is 22.6 Å². The van der Waals surface area contributed by atoms with Crippen LogP contribution in [-0.2, 0) is 0 Å². The Morgan fingerprint density at radius 3 is 2.23 bits per heavy atom. The van der Waals surface area contributed by atoms with Gasteiger partial charge >= 0.3 is 0 Å². The minimum absolute atomic E-state index is 0.619. The average Bonchev–Trinajstić information content (AvgIpc) is 2.00. The molecule has 4 fully saturated rings. The van der Waals surface area contributed by atoms with Crippen molar-refractivity contribution in [3.63, 3.8) is 0 Å². The lowest BCUT2D eigenvalue weighted by Crippen LogP contribution is -2.52. The summed E-state index contributed by atoms with van der Waals surface area (Å²) in [5, 5.41) is 0. The third-order valence-electron chi connectivity index (χ3n) is 4.55. The fraction of sp³-hybridized carbons (Fsp3) is 0.833. The predicted molar refractivity (Wildman–Crippen MR) is 64.0 cm³/mol. The molecule has 0 nitrogen and oxygen atoms in total. The van der Waals surface area contributed by atoms with E-state index in [0.717, 1.165) is 23.7 Å². The van der Waals surface area contributed by atoms with Crippen LogP contribution < -0.4 is 0 Å². The number of alkyl halides is 1. The molecule has 0 saturated heterocycles. The molecule has 13 heavy (non-hydrogen) atoms. The van der Waals surface area contributed by atoms with E-state index in [9.17, 15) is 0 Å². The zero-order chi connectivity index (χ0) is 9.05. The monoisotopic (exact) mass is 288 g/mol. The van der Waals surface area contributed by atoms with E-state index in [4.69, 9.17) is 0 Å². The lowest BCUT2D eigenvalue weighted by Gasteiger charge is -2.58. The van der Waals surface area contributed by atoms with E-state index in [1.54, 1.807) is 6.42 Å². The largest absolute Gasteiger partial charge is 0.103 e. The topological polar surface area (TPSA) is 0 Å². The summed E-state index contributed by atoms with van der Waals surface area (Å²) in [7, 11) is 0. The van der Waals surface area contributed by atoms with E-state index in [1.807, 2.05) is 0 Å². The molecule has 0 aliphatic heterocycles. The van der Waals surface area contributed by atoms with E-state index in [-0.39, 0.29) is 0 Å². The van der Waals surface area contributed by atoms with Gasteiger partial charge in [-0.25, -0.2) is 0 Å². The Morgan fingerprint density at radius 1 is 1.15 bits per heavy atom. The zero-order valence-electron chi connectivity index (χ0n) is 8.01. The molecule has 0 aromatic carbocycles. The number of allylic oxidation sites excluding steroid dienone is 1. The Labute approximate surface area is 94.3 Å². The summed E-state index contributed by atoms with van der Waals surface area (Å²) in [6.45, 7) is 4.05. The van der Waals surface area contributed by atoms with Crippen molar-refractivity contribution in [1.29, 1.82) is 0 Å². The molecule has 0 spiro atoms. The maximum absolute atomic E-state index is 4.05.